The third kappa shape index (κ3) is 4.23. The first-order valence-corrected chi connectivity index (χ1v) is 10.0. The number of carbonyl (C=O) groups is 2. The first kappa shape index (κ1) is 21.6. The Morgan fingerprint density at radius 1 is 0.906 bits per heavy atom. The van der Waals surface area contributed by atoms with E-state index in [-0.39, 0.29) is 5.11 Å². The fraction of sp³-hybridized carbons (Fsp3) is 0. The molecule has 0 aliphatic carbocycles. The quantitative estimate of drug-likeness (QED) is 0.245. The molecule has 0 aromatic heterocycles. The van der Waals surface area contributed by atoms with Gasteiger partial charge in [0.2, 0.25) is 0 Å². The van der Waals surface area contributed by atoms with E-state index < -0.39 is 39.6 Å². The molecule has 5 nitrogen and oxygen atoms in total. The van der Waals surface area contributed by atoms with E-state index in [4.69, 9.17) is 28.6 Å². The molecule has 0 atom stereocenters. The average Bonchev–Trinajstić information content (AvgIpc) is 2.77. The number of amides is 2. The highest BCUT2D eigenvalue weighted by molar-refractivity contribution is 7.80. The number of nitrogens with one attached hydrogen (secondary N) is 1. The van der Waals surface area contributed by atoms with Crippen LogP contribution in [-0.4, -0.2) is 16.9 Å². The molecule has 0 unspecified atom stereocenters. The predicted octanol–water partition coefficient (Wildman–Crippen LogP) is 5.24. The molecule has 9 heteroatoms. The highest BCUT2D eigenvalue weighted by atomic mass is 35.5. The molecular formula is C23H13ClF2N2O3S. The van der Waals surface area contributed by atoms with Gasteiger partial charge in [0.15, 0.2) is 5.11 Å². The monoisotopic (exact) mass is 470 g/mol. The summed E-state index contributed by atoms with van der Waals surface area (Å²) in [7, 11) is 0. The highest BCUT2D eigenvalue weighted by Crippen LogP contribution is 2.29. The number of ether oxygens (including phenoxy) is 1. The Balaban J connectivity index is 1.65. The lowest BCUT2D eigenvalue weighted by molar-refractivity contribution is -0.122. The van der Waals surface area contributed by atoms with Gasteiger partial charge in [0.05, 0.1) is 10.7 Å². The molecule has 1 aliphatic rings. The van der Waals surface area contributed by atoms with Crippen molar-refractivity contribution in [1.82, 2.24) is 5.32 Å². The number of halogens is 3. The van der Waals surface area contributed by atoms with Crippen molar-refractivity contribution in [3.8, 4) is 11.5 Å². The van der Waals surface area contributed by atoms with E-state index in [2.05, 4.69) is 5.32 Å². The summed E-state index contributed by atoms with van der Waals surface area (Å²) < 4.78 is 33.6. The van der Waals surface area contributed by atoms with Crippen molar-refractivity contribution in [3.63, 3.8) is 0 Å². The summed E-state index contributed by atoms with van der Waals surface area (Å²) in [6, 6.07) is 17.2. The molecular weight excluding hydrogens is 458 g/mol. The fourth-order valence-corrected chi connectivity index (χ4v) is 3.49. The molecule has 0 bridgehead atoms. The largest absolute Gasteiger partial charge is 0.457 e. The Morgan fingerprint density at radius 3 is 2.22 bits per heavy atom. The van der Waals surface area contributed by atoms with E-state index in [1.807, 2.05) is 18.2 Å². The van der Waals surface area contributed by atoms with Crippen LogP contribution in [0.3, 0.4) is 0 Å². The van der Waals surface area contributed by atoms with Gasteiger partial charge in [0.1, 0.15) is 28.7 Å². The molecule has 32 heavy (non-hydrogen) atoms. The molecule has 4 rings (SSSR count). The topological polar surface area (TPSA) is 58.6 Å². The van der Waals surface area contributed by atoms with E-state index in [9.17, 15) is 18.4 Å². The van der Waals surface area contributed by atoms with Gasteiger partial charge in [-0.25, -0.2) is 8.78 Å². The lowest BCUT2D eigenvalue weighted by Gasteiger charge is -2.29. The molecule has 1 heterocycles. The van der Waals surface area contributed by atoms with Crippen LogP contribution in [0.15, 0.2) is 72.3 Å². The van der Waals surface area contributed by atoms with Gasteiger partial charge < -0.3 is 4.74 Å². The smallest absolute Gasteiger partial charge is 0.270 e. The maximum absolute atomic E-state index is 14.2. The van der Waals surface area contributed by atoms with Crippen molar-refractivity contribution in [2.75, 3.05) is 4.90 Å². The van der Waals surface area contributed by atoms with Gasteiger partial charge in [0, 0.05) is 5.56 Å². The summed E-state index contributed by atoms with van der Waals surface area (Å²) >= 11 is 11.0. The van der Waals surface area contributed by atoms with Crippen molar-refractivity contribution in [2.24, 2.45) is 0 Å². The molecule has 1 aliphatic heterocycles. The summed E-state index contributed by atoms with van der Waals surface area (Å²) in [6.45, 7) is 0. The molecule has 0 radical (unpaired) electrons. The van der Waals surface area contributed by atoms with E-state index in [0.29, 0.717) is 17.2 Å². The first-order valence-electron chi connectivity index (χ1n) is 9.23. The molecule has 0 saturated carbocycles. The van der Waals surface area contributed by atoms with Crippen LogP contribution in [0, 0.1) is 11.6 Å². The van der Waals surface area contributed by atoms with Crippen LogP contribution in [0.1, 0.15) is 5.56 Å². The van der Waals surface area contributed by atoms with Gasteiger partial charge in [-0.05, 0) is 66.8 Å². The average molecular weight is 471 g/mol. The van der Waals surface area contributed by atoms with Crippen LogP contribution in [0.2, 0.25) is 5.02 Å². The summed E-state index contributed by atoms with van der Waals surface area (Å²) in [4.78, 5) is 26.5. The lowest BCUT2D eigenvalue weighted by Crippen LogP contribution is -2.54. The Hall–Kier alpha value is -3.62. The Bertz CT molecular complexity index is 1260. The molecule has 0 spiro atoms. The summed E-state index contributed by atoms with van der Waals surface area (Å²) in [5.41, 5.74) is -0.517. The molecule has 2 amide bonds. The summed E-state index contributed by atoms with van der Waals surface area (Å²) in [5.74, 6) is -2.27. The number of anilines is 1. The maximum Gasteiger partial charge on any atom is 0.270 e. The second kappa shape index (κ2) is 8.86. The van der Waals surface area contributed by atoms with E-state index in [1.54, 1.807) is 36.4 Å². The minimum Gasteiger partial charge on any atom is -0.457 e. The van der Waals surface area contributed by atoms with Crippen LogP contribution in [-0.2, 0) is 9.59 Å². The van der Waals surface area contributed by atoms with Crippen LogP contribution >= 0.6 is 23.8 Å². The predicted molar refractivity (Wildman–Crippen MR) is 121 cm³/mol. The van der Waals surface area contributed by atoms with Crippen molar-refractivity contribution in [1.29, 1.82) is 0 Å². The number of thiocarbonyl (C=S) groups is 1. The van der Waals surface area contributed by atoms with Gasteiger partial charge >= 0.3 is 0 Å². The van der Waals surface area contributed by atoms with E-state index in [0.717, 1.165) is 23.1 Å². The Kier molecular flexibility index (Phi) is 5.98. The number of para-hydroxylation sites is 1. The normalized spacial score (nSPS) is 15.2. The van der Waals surface area contributed by atoms with Gasteiger partial charge in [-0.15, -0.1) is 0 Å². The minimum atomic E-state index is -0.884. The van der Waals surface area contributed by atoms with Gasteiger partial charge in [0.25, 0.3) is 11.8 Å². The maximum atomic E-state index is 14.2. The van der Waals surface area contributed by atoms with Crippen LogP contribution in [0.25, 0.3) is 6.08 Å². The zero-order valence-electron chi connectivity index (χ0n) is 16.1. The van der Waals surface area contributed by atoms with Gasteiger partial charge in [-0.3, -0.25) is 19.8 Å². The van der Waals surface area contributed by atoms with E-state index >= 15 is 0 Å². The molecule has 1 N–H and O–H groups in total. The number of hydrogen-bond donors (Lipinski definition) is 1. The third-order valence-corrected chi connectivity index (χ3v) is 5.21. The minimum absolute atomic E-state index is 0.153. The number of carbonyl (C=O) groups excluding carboxylic acids is 2. The molecule has 1 saturated heterocycles. The van der Waals surface area contributed by atoms with Gasteiger partial charge in [-0.2, -0.15) is 0 Å². The lowest BCUT2D eigenvalue weighted by atomic mass is 10.1. The van der Waals surface area contributed by atoms with Crippen molar-refractivity contribution in [2.45, 2.75) is 0 Å². The second-order valence-corrected chi connectivity index (χ2v) is 7.39. The van der Waals surface area contributed by atoms with Crippen molar-refractivity contribution < 1.29 is 23.1 Å². The standard InChI is InChI=1S/C23H13ClF2N2O3S/c24-20-16(18(25)10-11-19(20)26)12-17-21(29)27-23(32)28(22(17)30)13-6-8-15(9-7-13)31-14-4-2-1-3-5-14/h1-12H,(H,27,29,32)/b17-12+. The van der Waals surface area contributed by atoms with Crippen LogP contribution in [0.5, 0.6) is 11.5 Å². The van der Waals surface area contributed by atoms with Crippen LogP contribution < -0.4 is 15.0 Å². The Labute approximate surface area is 191 Å². The second-order valence-electron chi connectivity index (χ2n) is 6.62. The zero-order chi connectivity index (χ0) is 22.8. The first-order chi connectivity index (χ1) is 15.3. The van der Waals surface area contributed by atoms with Crippen LogP contribution in [0.4, 0.5) is 14.5 Å². The molecule has 1 fully saturated rings. The van der Waals surface area contributed by atoms with Crippen molar-refractivity contribution in [3.05, 3.63) is 94.5 Å². The molecule has 3 aromatic rings. The Morgan fingerprint density at radius 2 is 1.53 bits per heavy atom. The van der Waals surface area contributed by atoms with Gasteiger partial charge in [-0.1, -0.05) is 29.8 Å². The number of rotatable bonds is 4. The third-order valence-electron chi connectivity index (χ3n) is 4.54. The number of nitrogens with zero attached hydrogens (tertiary/aromatic N) is 1. The zero-order valence-corrected chi connectivity index (χ0v) is 17.7. The number of benzene rings is 3. The molecule has 160 valence electrons. The SMILES string of the molecule is O=C1NC(=S)N(c2ccc(Oc3ccccc3)cc2)C(=O)/C1=C/c1c(F)ccc(F)c1Cl. The van der Waals surface area contributed by atoms with E-state index in [1.165, 1.54) is 0 Å². The molecule has 3 aromatic carbocycles. The van der Waals surface area contributed by atoms with Crippen molar-refractivity contribution >= 4 is 52.5 Å². The summed E-state index contributed by atoms with van der Waals surface area (Å²) in [5, 5.41) is 1.68. The fourth-order valence-electron chi connectivity index (χ4n) is 3.00. The highest BCUT2D eigenvalue weighted by Gasteiger charge is 2.35. The number of hydrogen-bond acceptors (Lipinski definition) is 4. The summed E-state index contributed by atoms with van der Waals surface area (Å²) in [6.07, 6.45) is 0.903.